The summed E-state index contributed by atoms with van der Waals surface area (Å²) in [5.41, 5.74) is 5.44. The molecule has 6 nitrogen and oxygen atoms in total. The number of H-pyrrole nitrogens is 1. The van der Waals surface area contributed by atoms with Crippen LogP contribution in [0.25, 0.3) is 33.8 Å². The summed E-state index contributed by atoms with van der Waals surface area (Å²) >= 11 is 0. The molecule has 198 valence electrons. The Labute approximate surface area is 236 Å². The van der Waals surface area contributed by atoms with E-state index in [2.05, 4.69) is 51.6 Å². The SMILES string of the molecule is Cc1nc(-c2ccc3c(n2)c(-c2cccc(F)c2)nn3C(c2ccccc2)(c2ccccc2)c2ccccc2)n[nH]1. The van der Waals surface area contributed by atoms with Crippen molar-refractivity contribution in [3.05, 3.63) is 156 Å². The normalized spacial score (nSPS) is 11.7. The second-order valence-electron chi connectivity index (χ2n) is 9.89. The number of aryl methyl sites for hydroxylation is 1. The van der Waals surface area contributed by atoms with Crippen LogP contribution in [0.15, 0.2) is 127 Å². The number of halogens is 1. The van der Waals surface area contributed by atoms with Crippen LogP contribution >= 0.6 is 0 Å². The van der Waals surface area contributed by atoms with Crippen molar-refractivity contribution < 1.29 is 4.39 Å². The van der Waals surface area contributed by atoms with Crippen molar-refractivity contribution in [2.45, 2.75) is 12.5 Å². The lowest BCUT2D eigenvalue weighted by atomic mass is 9.77. The molecule has 7 heteroatoms. The predicted octanol–water partition coefficient (Wildman–Crippen LogP) is 7.17. The van der Waals surface area contributed by atoms with E-state index in [0.717, 1.165) is 22.2 Å². The van der Waals surface area contributed by atoms with Gasteiger partial charge in [-0.15, -0.1) is 0 Å². The van der Waals surface area contributed by atoms with E-state index in [-0.39, 0.29) is 5.82 Å². The summed E-state index contributed by atoms with van der Waals surface area (Å²) in [6.07, 6.45) is 0. The van der Waals surface area contributed by atoms with Gasteiger partial charge in [0.25, 0.3) is 0 Å². The maximum atomic E-state index is 14.6. The number of nitrogens with one attached hydrogen (secondary N) is 1. The smallest absolute Gasteiger partial charge is 0.199 e. The first-order valence-corrected chi connectivity index (χ1v) is 13.4. The third-order valence-corrected chi connectivity index (χ3v) is 7.34. The molecule has 0 aliphatic heterocycles. The van der Waals surface area contributed by atoms with Gasteiger partial charge < -0.3 is 0 Å². The summed E-state index contributed by atoms with van der Waals surface area (Å²) < 4.78 is 16.6. The van der Waals surface area contributed by atoms with Crippen molar-refractivity contribution >= 4 is 11.0 Å². The molecule has 0 amide bonds. The van der Waals surface area contributed by atoms with Crippen molar-refractivity contribution in [3.63, 3.8) is 0 Å². The van der Waals surface area contributed by atoms with Crippen LogP contribution in [0.2, 0.25) is 0 Å². The van der Waals surface area contributed by atoms with Gasteiger partial charge in [0.1, 0.15) is 34.1 Å². The standard InChI is InChI=1S/C34H25FN6/c1-23-36-33(39-38-23)29-20-21-30-32(37-29)31(24-12-11-19-28(35)22-24)40-41(30)34(25-13-5-2-6-14-25,26-15-7-3-8-16-26)27-17-9-4-10-18-27/h2-22H,1H3,(H,36,38,39). The van der Waals surface area contributed by atoms with Crippen LogP contribution in [0.5, 0.6) is 0 Å². The third-order valence-electron chi connectivity index (χ3n) is 7.34. The Bertz CT molecular complexity index is 1870. The Morgan fingerprint density at radius 1 is 0.683 bits per heavy atom. The zero-order chi connectivity index (χ0) is 27.8. The minimum absolute atomic E-state index is 0.341. The van der Waals surface area contributed by atoms with Gasteiger partial charge in [0.15, 0.2) is 5.82 Å². The molecular weight excluding hydrogens is 511 g/mol. The first-order chi connectivity index (χ1) is 20.1. The van der Waals surface area contributed by atoms with Gasteiger partial charge in [0, 0.05) is 5.56 Å². The highest BCUT2D eigenvalue weighted by atomic mass is 19.1. The molecule has 4 aromatic carbocycles. The lowest BCUT2D eigenvalue weighted by Crippen LogP contribution is -2.38. The maximum Gasteiger partial charge on any atom is 0.199 e. The van der Waals surface area contributed by atoms with E-state index in [0.29, 0.717) is 34.1 Å². The van der Waals surface area contributed by atoms with Crippen LogP contribution in [-0.4, -0.2) is 29.9 Å². The molecule has 0 saturated heterocycles. The largest absolute Gasteiger partial charge is 0.263 e. The molecule has 3 heterocycles. The van der Waals surface area contributed by atoms with Crippen LogP contribution in [0.3, 0.4) is 0 Å². The van der Waals surface area contributed by atoms with E-state index in [4.69, 9.17) is 10.1 Å². The number of aromatic amines is 1. The molecule has 0 saturated carbocycles. The number of hydrogen-bond donors (Lipinski definition) is 1. The molecule has 0 radical (unpaired) electrons. The fourth-order valence-corrected chi connectivity index (χ4v) is 5.57. The summed E-state index contributed by atoms with van der Waals surface area (Å²) in [7, 11) is 0. The van der Waals surface area contributed by atoms with E-state index in [1.807, 2.05) is 84.4 Å². The van der Waals surface area contributed by atoms with Gasteiger partial charge in [-0.2, -0.15) is 10.2 Å². The molecule has 3 aromatic heterocycles. The summed E-state index contributed by atoms with van der Waals surface area (Å²) in [4.78, 5) is 9.52. The van der Waals surface area contributed by atoms with E-state index in [9.17, 15) is 4.39 Å². The van der Waals surface area contributed by atoms with Crippen LogP contribution in [-0.2, 0) is 5.54 Å². The molecule has 0 atom stereocenters. The summed E-state index contributed by atoms with van der Waals surface area (Å²) in [6, 6.07) is 41.4. The number of pyridine rings is 1. The predicted molar refractivity (Wildman–Crippen MR) is 158 cm³/mol. The average molecular weight is 537 g/mol. The molecule has 0 unspecified atom stereocenters. The molecule has 0 aliphatic carbocycles. The Balaban J connectivity index is 1.63. The van der Waals surface area contributed by atoms with Crippen molar-refractivity contribution in [1.29, 1.82) is 0 Å². The number of rotatable bonds is 6. The highest BCUT2D eigenvalue weighted by Gasteiger charge is 2.41. The highest BCUT2D eigenvalue weighted by Crippen LogP contribution is 2.43. The number of aromatic nitrogens is 6. The molecule has 7 rings (SSSR count). The zero-order valence-corrected chi connectivity index (χ0v) is 22.2. The summed E-state index contributed by atoms with van der Waals surface area (Å²) in [5.74, 6) is 0.841. The van der Waals surface area contributed by atoms with Crippen molar-refractivity contribution in [3.8, 4) is 22.8 Å². The van der Waals surface area contributed by atoms with Gasteiger partial charge in [-0.1, -0.05) is 103 Å². The molecule has 0 aliphatic rings. The number of benzene rings is 4. The van der Waals surface area contributed by atoms with E-state index >= 15 is 0 Å². The van der Waals surface area contributed by atoms with Gasteiger partial charge in [-0.05, 0) is 47.9 Å². The van der Waals surface area contributed by atoms with E-state index in [1.165, 1.54) is 12.1 Å². The molecular formula is C34H25FN6. The Hall–Kier alpha value is -5.43. The molecule has 7 aromatic rings. The molecule has 41 heavy (non-hydrogen) atoms. The summed E-state index contributed by atoms with van der Waals surface area (Å²) in [5, 5.41) is 12.5. The van der Waals surface area contributed by atoms with Crippen molar-refractivity contribution in [2.24, 2.45) is 0 Å². The number of hydrogen-bond acceptors (Lipinski definition) is 4. The molecule has 0 fully saturated rings. The minimum Gasteiger partial charge on any atom is -0.263 e. The van der Waals surface area contributed by atoms with Crippen molar-refractivity contribution in [1.82, 2.24) is 29.9 Å². The fourth-order valence-electron chi connectivity index (χ4n) is 5.57. The number of nitrogens with zero attached hydrogens (tertiary/aromatic N) is 5. The third kappa shape index (κ3) is 4.10. The van der Waals surface area contributed by atoms with Crippen LogP contribution in [0.1, 0.15) is 22.5 Å². The van der Waals surface area contributed by atoms with Crippen LogP contribution < -0.4 is 0 Å². The van der Waals surface area contributed by atoms with E-state index < -0.39 is 5.54 Å². The first-order valence-electron chi connectivity index (χ1n) is 13.4. The minimum atomic E-state index is -0.863. The zero-order valence-electron chi connectivity index (χ0n) is 22.2. The fraction of sp³-hybridized carbons (Fsp3) is 0.0588. The van der Waals surface area contributed by atoms with Crippen LogP contribution in [0, 0.1) is 12.7 Å². The van der Waals surface area contributed by atoms with Gasteiger partial charge in [-0.25, -0.2) is 19.0 Å². The highest BCUT2D eigenvalue weighted by molar-refractivity contribution is 5.92. The topological polar surface area (TPSA) is 72.3 Å². The molecule has 1 N–H and O–H groups in total. The second kappa shape index (κ2) is 9.95. The van der Waals surface area contributed by atoms with Crippen LogP contribution in [0.4, 0.5) is 4.39 Å². The lowest BCUT2D eigenvalue weighted by Gasteiger charge is -2.37. The Morgan fingerprint density at radius 3 is 1.83 bits per heavy atom. The van der Waals surface area contributed by atoms with Gasteiger partial charge >= 0.3 is 0 Å². The Morgan fingerprint density at radius 2 is 1.29 bits per heavy atom. The molecule has 0 bridgehead atoms. The molecule has 0 spiro atoms. The number of fused-ring (bicyclic) bond motifs is 1. The second-order valence-corrected chi connectivity index (χ2v) is 9.89. The first kappa shape index (κ1) is 24.6. The van der Waals surface area contributed by atoms with E-state index in [1.54, 1.807) is 6.07 Å². The lowest BCUT2D eigenvalue weighted by molar-refractivity contribution is 0.477. The average Bonchev–Trinajstić information content (AvgIpc) is 3.63. The quantitative estimate of drug-likeness (QED) is 0.229. The van der Waals surface area contributed by atoms with Gasteiger partial charge in [-0.3, -0.25) is 5.10 Å². The van der Waals surface area contributed by atoms with Gasteiger partial charge in [0.2, 0.25) is 0 Å². The monoisotopic (exact) mass is 536 g/mol. The Kier molecular flexibility index (Phi) is 5.97. The van der Waals surface area contributed by atoms with Crippen molar-refractivity contribution in [2.75, 3.05) is 0 Å². The maximum absolute atomic E-state index is 14.6. The van der Waals surface area contributed by atoms with Gasteiger partial charge in [0.05, 0.1) is 5.52 Å². The summed E-state index contributed by atoms with van der Waals surface area (Å²) in [6.45, 7) is 1.85.